The van der Waals surface area contributed by atoms with E-state index < -0.39 is 16.7 Å². The van der Waals surface area contributed by atoms with Gasteiger partial charge in [-0.2, -0.15) is 0 Å². The molecule has 0 bridgehead atoms. The molecule has 1 aliphatic heterocycles. The Bertz CT molecular complexity index is 1490. The lowest BCUT2D eigenvalue weighted by Crippen LogP contribution is -2.22. The van der Waals surface area contributed by atoms with Crippen molar-refractivity contribution in [1.29, 1.82) is 0 Å². The van der Waals surface area contributed by atoms with Crippen LogP contribution >= 0.6 is 0 Å². The third-order valence-corrected chi connectivity index (χ3v) is 6.14. The van der Waals surface area contributed by atoms with E-state index in [1.54, 1.807) is 12.3 Å². The molecule has 0 aliphatic carbocycles. The number of nitrogens with one attached hydrogen (secondary N) is 3. The number of carbonyl (C=O) groups is 2. The van der Waals surface area contributed by atoms with Gasteiger partial charge in [0.2, 0.25) is 0 Å². The molecule has 34 heavy (non-hydrogen) atoms. The third-order valence-electron chi connectivity index (χ3n) is 6.14. The Kier molecular flexibility index (Phi) is 5.46. The third kappa shape index (κ3) is 3.56. The number of nitro groups is 1. The van der Waals surface area contributed by atoms with E-state index >= 15 is 0 Å². The SMILES string of the molecule is CCNCCCn1cc(C2=C(c3c[nH]c4ccccc34)C(=O)NC2=O)c2cc([N+](=O)[O-])ccc21. The van der Waals surface area contributed by atoms with Crippen LogP contribution in [0.4, 0.5) is 5.69 Å². The number of amides is 2. The van der Waals surface area contributed by atoms with Crippen molar-refractivity contribution >= 4 is 50.5 Å². The van der Waals surface area contributed by atoms with Crippen molar-refractivity contribution in [2.45, 2.75) is 19.9 Å². The van der Waals surface area contributed by atoms with Gasteiger partial charge >= 0.3 is 0 Å². The number of nitro benzene ring substituents is 1. The van der Waals surface area contributed by atoms with Gasteiger partial charge in [-0.05, 0) is 31.6 Å². The molecule has 0 fully saturated rings. The molecule has 2 aromatic carbocycles. The minimum absolute atomic E-state index is 0.0712. The van der Waals surface area contributed by atoms with Crippen LogP contribution in [0.5, 0.6) is 0 Å². The standard InChI is InChI=1S/C25H23N5O4/c1-2-26-10-5-11-29-14-19(17-12-15(30(33)34)8-9-21(17)29)23-22(24(31)28-25(23)32)18-13-27-20-7-4-3-6-16(18)20/h3-4,6-9,12-14,26-27H,2,5,10-11H2,1H3,(H,28,31,32). The van der Waals surface area contributed by atoms with Gasteiger partial charge in [0.25, 0.3) is 17.5 Å². The lowest BCUT2D eigenvalue weighted by molar-refractivity contribution is -0.384. The highest BCUT2D eigenvalue weighted by Crippen LogP contribution is 2.39. The zero-order valence-corrected chi connectivity index (χ0v) is 18.6. The van der Waals surface area contributed by atoms with Gasteiger partial charge in [0, 0.05) is 64.0 Å². The fourth-order valence-corrected chi connectivity index (χ4v) is 4.58. The number of fused-ring (bicyclic) bond motifs is 2. The number of hydrogen-bond donors (Lipinski definition) is 3. The zero-order chi connectivity index (χ0) is 23.8. The molecular weight excluding hydrogens is 434 g/mol. The topological polar surface area (TPSA) is 122 Å². The van der Waals surface area contributed by atoms with Gasteiger partial charge in [-0.1, -0.05) is 25.1 Å². The molecule has 172 valence electrons. The van der Waals surface area contributed by atoms with E-state index in [9.17, 15) is 19.7 Å². The molecule has 9 heteroatoms. The number of non-ortho nitro benzene ring substituents is 1. The summed E-state index contributed by atoms with van der Waals surface area (Å²) in [7, 11) is 0. The van der Waals surface area contributed by atoms with Gasteiger partial charge in [0.05, 0.1) is 16.1 Å². The predicted octanol–water partition coefficient (Wildman–Crippen LogP) is 3.60. The summed E-state index contributed by atoms with van der Waals surface area (Å²) in [5.74, 6) is -0.994. The second kappa shape index (κ2) is 8.60. The largest absolute Gasteiger partial charge is 0.361 e. The Hall–Kier alpha value is -4.24. The van der Waals surface area contributed by atoms with Gasteiger partial charge in [-0.25, -0.2) is 0 Å². The van der Waals surface area contributed by atoms with Crippen LogP contribution in [0.15, 0.2) is 54.9 Å². The Morgan fingerprint density at radius 3 is 2.56 bits per heavy atom. The molecule has 0 saturated heterocycles. The Morgan fingerprint density at radius 2 is 1.79 bits per heavy atom. The van der Waals surface area contributed by atoms with Crippen LogP contribution in [-0.4, -0.2) is 39.4 Å². The lowest BCUT2D eigenvalue weighted by Gasteiger charge is -2.05. The number of benzene rings is 2. The van der Waals surface area contributed by atoms with Crippen molar-refractivity contribution in [3.63, 3.8) is 0 Å². The molecule has 0 spiro atoms. The van der Waals surface area contributed by atoms with Gasteiger partial charge in [-0.3, -0.25) is 25.0 Å². The Labute approximate surface area is 194 Å². The summed E-state index contributed by atoms with van der Waals surface area (Å²) in [6, 6.07) is 12.2. The highest BCUT2D eigenvalue weighted by molar-refractivity contribution is 6.50. The first-order valence-electron chi connectivity index (χ1n) is 11.1. The van der Waals surface area contributed by atoms with Crippen LogP contribution in [-0.2, 0) is 16.1 Å². The molecule has 3 heterocycles. The number of aromatic amines is 1. The van der Waals surface area contributed by atoms with Crippen LogP contribution in [0.2, 0.25) is 0 Å². The summed E-state index contributed by atoms with van der Waals surface area (Å²) in [4.78, 5) is 40.2. The minimum atomic E-state index is -0.511. The summed E-state index contributed by atoms with van der Waals surface area (Å²) < 4.78 is 1.99. The number of rotatable bonds is 8. The van der Waals surface area contributed by atoms with Crippen LogP contribution in [0.25, 0.3) is 33.0 Å². The molecule has 0 saturated carbocycles. The number of hydrogen-bond acceptors (Lipinski definition) is 5. The molecule has 3 N–H and O–H groups in total. The minimum Gasteiger partial charge on any atom is -0.361 e. The van der Waals surface area contributed by atoms with Crippen molar-refractivity contribution in [2.24, 2.45) is 0 Å². The maximum Gasteiger partial charge on any atom is 0.270 e. The molecule has 2 amide bonds. The summed E-state index contributed by atoms with van der Waals surface area (Å²) in [6.45, 7) is 4.39. The molecule has 2 aromatic heterocycles. The molecule has 1 aliphatic rings. The van der Waals surface area contributed by atoms with Crippen molar-refractivity contribution in [2.75, 3.05) is 13.1 Å². The molecule has 5 rings (SSSR count). The maximum atomic E-state index is 13.0. The van der Waals surface area contributed by atoms with Crippen LogP contribution < -0.4 is 10.6 Å². The first kappa shape index (κ1) is 21.6. The van der Waals surface area contributed by atoms with Crippen molar-refractivity contribution < 1.29 is 14.5 Å². The van der Waals surface area contributed by atoms with E-state index in [1.807, 2.05) is 42.0 Å². The number of para-hydroxylation sites is 1. The summed E-state index contributed by atoms with van der Waals surface area (Å²) >= 11 is 0. The fourth-order valence-electron chi connectivity index (χ4n) is 4.58. The fraction of sp³-hybridized carbons (Fsp3) is 0.200. The summed E-state index contributed by atoms with van der Waals surface area (Å²) in [5, 5.41) is 18.6. The van der Waals surface area contributed by atoms with E-state index in [0.29, 0.717) is 23.1 Å². The summed E-state index contributed by atoms with van der Waals surface area (Å²) in [5.41, 5.74) is 3.16. The van der Waals surface area contributed by atoms with Gasteiger partial charge in [-0.15, -0.1) is 0 Å². The van der Waals surface area contributed by atoms with Crippen molar-refractivity contribution in [3.05, 3.63) is 76.1 Å². The van der Waals surface area contributed by atoms with E-state index in [4.69, 9.17) is 0 Å². The number of aryl methyl sites for hydroxylation is 1. The monoisotopic (exact) mass is 457 g/mol. The second-order valence-electron chi connectivity index (χ2n) is 8.18. The van der Waals surface area contributed by atoms with Crippen LogP contribution in [0, 0.1) is 10.1 Å². The highest BCUT2D eigenvalue weighted by Gasteiger charge is 2.35. The van der Waals surface area contributed by atoms with E-state index in [2.05, 4.69) is 15.6 Å². The van der Waals surface area contributed by atoms with Crippen molar-refractivity contribution in [1.82, 2.24) is 20.2 Å². The number of carbonyl (C=O) groups excluding carboxylic acids is 2. The Morgan fingerprint density at radius 1 is 1.03 bits per heavy atom. The first-order valence-corrected chi connectivity index (χ1v) is 11.1. The van der Waals surface area contributed by atoms with Crippen LogP contribution in [0.3, 0.4) is 0 Å². The Balaban J connectivity index is 1.73. The number of nitrogens with zero attached hydrogens (tertiary/aromatic N) is 2. The summed E-state index contributed by atoms with van der Waals surface area (Å²) in [6.07, 6.45) is 4.38. The number of aromatic nitrogens is 2. The average Bonchev–Trinajstić information content (AvgIpc) is 3.49. The van der Waals surface area contributed by atoms with E-state index in [-0.39, 0.29) is 16.8 Å². The quantitative estimate of drug-likeness (QED) is 0.162. The molecule has 0 atom stereocenters. The predicted molar refractivity (Wildman–Crippen MR) is 130 cm³/mol. The zero-order valence-electron chi connectivity index (χ0n) is 18.6. The lowest BCUT2D eigenvalue weighted by atomic mass is 9.95. The number of imide groups is 1. The number of H-pyrrole nitrogens is 1. The van der Waals surface area contributed by atoms with Gasteiger partial charge in [0.1, 0.15) is 0 Å². The van der Waals surface area contributed by atoms with E-state index in [0.717, 1.165) is 35.9 Å². The molecular formula is C25H23N5O4. The smallest absolute Gasteiger partial charge is 0.270 e. The van der Waals surface area contributed by atoms with Gasteiger partial charge in [0.15, 0.2) is 0 Å². The molecule has 9 nitrogen and oxygen atoms in total. The maximum absolute atomic E-state index is 13.0. The molecule has 0 radical (unpaired) electrons. The highest BCUT2D eigenvalue weighted by atomic mass is 16.6. The first-order chi connectivity index (χ1) is 16.5. The average molecular weight is 457 g/mol. The van der Waals surface area contributed by atoms with Gasteiger partial charge < -0.3 is 14.9 Å². The van der Waals surface area contributed by atoms with E-state index in [1.165, 1.54) is 12.1 Å². The normalized spacial score (nSPS) is 13.9. The molecule has 0 unspecified atom stereocenters. The molecule has 4 aromatic rings. The second-order valence-corrected chi connectivity index (χ2v) is 8.18. The van der Waals surface area contributed by atoms with Crippen LogP contribution in [0.1, 0.15) is 24.5 Å². The van der Waals surface area contributed by atoms with Crippen molar-refractivity contribution in [3.8, 4) is 0 Å².